The van der Waals surface area contributed by atoms with Gasteiger partial charge in [0, 0.05) is 10.9 Å². The van der Waals surface area contributed by atoms with Crippen LogP contribution in [-0.2, 0) is 0 Å². The van der Waals surface area contributed by atoms with E-state index in [4.69, 9.17) is 0 Å². The molecule has 2 aromatic carbocycles. The number of aromatic nitrogens is 3. The fourth-order valence-corrected chi connectivity index (χ4v) is 2.73. The maximum Gasteiger partial charge on any atom is 0.270 e. The number of azo groups is 1. The van der Waals surface area contributed by atoms with Gasteiger partial charge in [0.1, 0.15) is 11.6 Å². The van der Waals surface area contributed by atoms with Gasteiger partial charge in [0.2, 0.25) is 11.8 Å². The number of nitrogens with one attached hydrogen (secondary N) is 2. The van der Waals surface area contributed by atoms with Gasteiger partial charge in [0.05, 0.1) is 11.2 Å². The first-order valence-electron chi connectivity index (χ1n) is 7.98. The van der Waals surface area contributed by atoms with Crippen molar-refractivity contribution >= 4 is 22.5 Å². The molecule has 0 radical (unpaired) electrons. The van der Waals surface area contributed by atoms with E-state index in [2.05, 4.69) is 25.2 Å². The summed E-state index contributed by atoms with van der Waals surface area (Å²) in [6.07, 6.45) is 0. The smallest absolute Gasteiger partial charge is 0.270 e. The van der Waals surface area contributed by atoms with E-state index in [-0.39, 0.29) is 28.8 Å². The maximum absolute atomic E-state index is 12.2. The van der Waals surface area contributed by atoms with Crippen molar-refractivity contribution in [1.29, 1.82) is 5.26 Å². The summed E-state index contributed by atoms with van der Waals surface area (Å²) in [5.41, 5.74) is 1.07. The number of nitrogens with zero attached hydrogens (tertiary/aromatic N) is 4. The van der Waals surface area contributed by atoms with Gasteiger partial charge < -0.3 is 10.1 Å². The Kier molecular flexibility index (Phi) is 3.95. The number of benzene rings is 2. The average molecular weight is 356 g/mol. The van der Waals surface area contributed by atoms with Crippen molar-refractivity contribution < 1.29 is 5.11 Å². The second kappa shape index (κ2) is 6.57. The van der Waals surface area contributed by atoms with Gasteiger partial charge in [-0.15, -0.1) is 10.2 Å². The minimum Gasteiger partial charge on any atom is -0.493 e. The zero-order chi connectivity index (χ0) is 18.8. The van der Waals surface area contributed by atoms with Gasteiger partial charge in [-0.25, -0.2) is 4.98 Å². The highest BCUT2D eigenvalue weighted by atomic mass is 16.3. The van der Waals surface area contributed by atoms with Crippen molar-refractivity contribution in [3.05, 3.63) is 70.5 Å². The molecule has 0 aliphatic rings. The van der Waals surface area contributed by atoms with E-state index in [1.807, 2.05) is 24.3 Å². The van der Waals surface area contributed by atoms with Crippen LogP contribution in [0.25, 0.3) is 22.2 Å². The van der Waals surface area contributed by atoms with E-state index < -0.39 is 5.56 Å². The lowest BCUT2D eigenvalue weighted by atomic mass is 10.1. The first kappa shape index (κ1) is 16.2. The van der Waals surface area contributed by atoms with Crippen molar-refractivity contribution in [3.8, 4) is 23.2 Å². The van der Waals surface area contributed by atoms with Crippen LogP contribution in [0.5, 0.6) is 5.88 Å². The highest BCUT2D eigenvalue weighted by Crippen LogP contribution is 2.35. The largest absolute Gasteiger partial charge is 0.493 e. The van der Waals surface area contributed by atoms with Crippen LogP contribution in [0.1, 0.15) is 5.56 Å². The van der Waals surface area contributed by atoms with Crippen LogP contribution in [0, 0.1) is 11.3 Å². The molecule has 8 heteroatoms. The molecule has 2 heterocycles. The van der Waals surface area contributed by atoms with Crippen molar-refractivity contribution in [2.75, 3.05) is 0 Å². The molecule has 0 fully saturated rings. The fourth-order valence-electron chi connectivity index (χ4n) is 2.73. The normalized spacial score (nSPS) is 11.1. The Balaban J connectivity index is 1.82. The number of hydrogen-bond donors (Lipinski definition) is 3. The van der Waals surface area contributed by atoms with Gasteiger partial charge in [-0.3, -0.25) is 9.78 Å². The monoisotopic (exact) mass is 356 g/mol. The summed E-state index contributed by atoms with van der Waals surface area (Å²) in [5, 5.41) is 28.0. The summed E-state index contributed by atoms with van der Waals surface area (Å²) in [6.45, 7) is 0. The molecule has 0 saturated heterocycles. The second-order valence-electron chi connectivity index (χ2n) is 5.66. The van der Waals surface area contributed by atoms with Crippen molar-refractivity contribution in [3.63, 3.8) is 0 Å². The second-order valence-corrected chi connectivity index (χ2v) is 5.66. The average Bonchev–Trinajstić information content (AvgIpc) is 3.01. The molecule has 0 atom stereocenters. The summed E-state index contributed by atoms with van der Waals surface area (Å²) >= 11 is 0. The van der Waals surface area contributed by atoms with Crippen LogP contribution in [0.3, 0.4) is 0 Å². The van der Waals surface area contributed by atoms with Crippen LogP contribution in [0.4, 0.5) is 11.6 Å². The number of aromatic hydroxyl groups is 1. The molecule has 0 aliphatic heterocycles. The van der Waals surface area contributed by atoms with Gasteiger partial charge in [0.25, 0.3) is 5.56 Å². The molecule has 0 spiro atoms. The Morgan fingerprint density at radius 2 is 1.74 bits per heavy atom. The van der Waals surface area contributed by atoms with E-state index in [1.165, 1.54) is 0 Å². The summed E-state index contributed by atoms with van der Waals surface area (Å²) < 4.78 is 0. The Bertz CT molecular complexity index is 1270. The van der Waals surface area contributed by atoms with E-state index in [1.54, 1.807) is 36.4 Å². The number of hydrogen-bond acceptors (Lipinski definition) is 6. The van der Waals surface area contributed by atoms with Crippen molar-refractivity contribution in [2.24, 2.45) is 10.2 Å². The van der Waals surface area contributed by atoms with Crippen LogP contribution in [0.2, 0.25) is 0 Å². The van der Waals surface area contributed by atoms with Gasteiger partial charge >= 0.3 is 0 Å². The third-order valence-corrected chi connectivity index (χ3v) is 3.97. The van der Waals surface area contributed by atoms with Crippen LogP contribution < -0.4 is 5.56 Å². The summed E-state index contributed by atoms with van der Waals surface area (Å²) in [7, 11) is 0. The molecule has 3 N–H and O–H groups in total. The molecule has 27 heavy (non-hydrogen) atoms. The van der Waals surface area contributed by atoms with E-state index >= 15 is 0 Å². The first-order chi connectivity index (χ1) is 13.2. The topological polar surface area (TPSA) is 130 Å². The lowest BCUT2D eigenvalue weighted by molar-refractivity contribution is 0.459. The molecule has 4 aromatic rings. The Hall–Kier alpha value is -4.25. The number of para-hydroxylation sites is 1. The van der Waals surface area contributed by atoms with Crippen LogP contribution in [-0.4, -0.2) is 20.1 Å². The quantitative estimate of drug-likeness (QED) is 0.480. The SMILES string of the molecule is N#Cc1c(-c2ccccc2)nc(N=Nc2c(O)[nH]c3ccccc23)[nH]c1=O. The number of rotatable bonds is 3. The highest BCUT2D eigenvalue weighted by Gasteiger charge is 2.14. The number of aromatic amines is 2. The van der Waals surface area contributed by atoms with E-state index in [9.17, 15) is 15.2 Å². The molecule has 0 bridgehead atoms. The predicted octanol–water partition coefficient (Wildman–Crippen LogP) is 3.91. The molecular formula is C19H12N6O2. The standard InChI is InChI=1S/C19H12N6O2/c20-10-13-15(11-6-2-1-3-7-11)22-19(23-17(13)26)25-24-16-12-8-4-5-9-14(12)21-18(16)27/h1-9,21,27H,(H,22,23,26). The van der Waals surface area contributed by atoms with Crippen molar-refractivity contribution in [1.82, 2.24) is 15.0 Å². The number of fused-ring (bicyclic) bond motifs is 1. The summed E-state index contributed by atoms with van der Waals surface area (Å²) in [6, 6.07) is 18.0. The van der Waals surface area contributed by atoms with Gasteiger partial charge in [0.15, 0.2) is 5.69 Å². The fraction of sp³-hybridized carbons (Fsp3) is 0. The van der Waals surface area contributed by atoms with E-state index in [0.29, 0.717) is 16.5 Å². The number of H-pyrrole nitrogens is 2. The third-order valence-electron chi connectivity index (χ3n) is 3.97. The molecule has 130 valence electrons. The number of nitriles is 1. The van der Waals surface area contributed by atoms with Gasteiger partial charge in [-0.1, -0.05) is 48.5 Å². The molecule has 8 nitrogen and oxygen atoms in total. The van der Waals surface area contributed by atoms with Crippen molar-refractivity contribution in [2.45, 2.75) is 0 Å². The molecule has 0 unspecified atom stereocenters. The van der Waals surface area contributed by atoms with E-state index in [0.717, 1.165) is 0 Å². The lowest BCUT2D eigenvalue weighted by Gasteiger charge is -2.03. The Morgan fingerprint density at radius 3 is 2.52 bits per heavy atom. The first-order valence-corrected chi connectivity index (χ1v) is 7.98. The van der Waals surface area contributed by atoms with Crippen LogP contribution >= 0.6 is 0 Å². The molecule has 0 amide bonds. The molecule has 0 saturated carbocycles. The predicted molar refractivity (Wildman–Crippen MR) is 99.1 cm³/mol. The molecule has 2 aromatic heterocycles. The Labute approximate surface area is 152 Å². The summed E-state index contributed by atoms with van der Waals surface area (Å²) in [4.78, 5) is 21.7. The molecule has 0 aliphatic carbocycles. The zero-order valence-electron chi connectivity index (χ0n) is 13.8. The minimum atomic E-state index is -0.608. The molecule has 4 rings (SSSR count). The zero-order valence-corrected chi connectivity index (χ0v) is 13.8. The lowest BCUT2D eigenvalue weighted by Crippen LogP contribution is -2.13. The van der Waals surface area contributed by atoms with Gasteiger partial charge in [-0.05, 0) is 6.07 Å². The Morgan fingerprint density at radius 1 is 1.00 bits per heavy atom. The van der Waals surface area contributed by atoms with Gasteiger partial charge in [-0.2, -0.15) is 5.26 Å². The maximum atomic E-state index is 12.2. The third kappa shape index (κ3) is 2.94. The minimum absolute atomic E-state index is 0.0671. The van der Waals surface area contributed by atoms with Crippen LogP contribution in [0.15, 0.2) is 69.6 Å². The molecular weight excluding hydrogens is 344 g/mol. The summed E-state index contributed by atoms with van der Waals surface area (Å²) in [5.74, 6) is -0.207. The highest BCUT2D eigenvalue weighted by molar-refractivity contribution is 5.94.